The number of amides is 1. The second kappa shape index (κ2) is 8.09. The summed E-state index contributed by atoms with van der Waals surface area (Å²) >= 11 is 0. The standard InChI is InChI=1S/C22H25FN2O2/c23-19-7-10-21(11-8-19)27-13-12-24-15-18-6-9-20(16-24)25(22(18)26)14-17-4-2-1-3-5-17/h1-5,7-8,10-11,18,20H,6,9,12-16H2/t18-,20+/m0/s1. The van der Waals surface area contributed by atoms with Crippen LogP contribution in [0, 0.1) is 11.7 Å². The molecular weight excluding hydrogens is 343 g/mol. The summed E-state index contributed by atoms with van der Waals surface area (Å²) in [6.07, 6.45) is 2.04. The summed E-state index contributed by atoms with van der Waals surface area (Å²) in [5.74, 6) is 0.787. The molecule has 2 atom stereocenters. The van der Waals surface area contributed by atoms with Crippen LogP contribution in [-0.2, 0) is 11.3 Å². The molecule has 142 valence electrons. The molecule has 0 spiro atoms. The zero-order valence-electron chi connectivity index (χ0n) is 15.4. The Morgan fingerprint density at radius 1 is 1.00 bits per heavy atom. The number of rotatable bonds is 6. The van der Waals surface area contributed by atoms with Crippen LogP contribution in [-0.4, -0.2) is 48.0 Å². The number of halogens is 1. The van der Waals surface area contributed by atoms with Crippen LogP contribution in [0.5, 0.6) is 5.75 Å². The summed E-state index contributed by atoms with van der Waals surface area (Å²) in [5.41, 5.74) is 1.18. The molecule has 0 N–H and O–H groups in total. The first kappa shape index (κ1) is 18.0. The summed E-state index contributed by atoms with van der Waals surface area (Å²) in [6, 6.07) is 16.6. The molecule has 2 aromatic rings. The third kappa shape index (κ3) is 4.30. The Labute approximate surface area is 159 Å². The van der Waals surface area contributed by atoms with Crippen molar-refractivity contribution in [3.63, 3.8) is 0 Å². The lowest BCUT2D eigenvalue weighted by Gasteiger charge is -2.36. The summed E-state index contributed by atoms with van der Waals surface area (Å²) in [7, 11) is 0. The van der Waals surface area contributed by atoms with Gasteiger partial charge >= 0.3 is 0 Å². The van der Waals surface area contributed by atoms with Crippen LogP contribution in [0.25, 0.3) is 0 Å². The Morgan fingerprint density at radius 3 is 2.56 bits per heavy atom. The molecule has 0 saturated carbocycles. The summed E-state index contributed by atoms with van der Waals surface area (Å²) in [4.78, 5) is 17.3. The Hall–Kier alpha value is -2.40. The topological polar surface area (TPSA) is 32.8 Å². The van der Waals surface area contributed by atoms with E-state index in [1.165, 1.54) is 17.7 Å². The van der Waals surface area contributed by atoms with Crippen LogP contribution in [0.15, 0.2) is 54.6 Å². The smallest absolute Gasteiger partial charge is 0.227 e. The fourth-order valence-corrected chi connectivity index (χ4v) is 4.12. The first-order chi connectivity index (χ1) is 13.2. The molecule has 5 rings (SSSR count). The third-order valence-electron chi connectivity index (χ3n) is 5.55. The van der Waals surface area contributed by atoms with Gasteiger partial charge in [0.25, 0.3) is 0 Å². The fourth-order valence-electron chi connectivity index (χ4n) is 4.12. The second-order valence-electron chi connectivity index (χ2n) is 7.44. The molecule has 27 heavy (non-hydrogen) atoms. The van der Waals surface area contributed by atoms with Gasteiger partial charge in [0.15, 0.2) is 0 Å². The summed E-state index contributed by atoms with van der Waals surface area (Å²) < 4.78 is 18.7. The maximum atomic E-state index is 13.0. The number of ether oxygens (including phenoxy) is 1. The molecule has 3 fully saturated rings. The number of fused-ring (bicyclic) bond motifs is 4. The largest absolute Gasteiger partial charge is 0.492 e. The van der Waals surface area contributed by atoms with Gasteiger partial charge in [0.2, 0.25) is 5.91 Å². The highest BCUT2D eigenvalue weighted by Crippen LogP contribution is 2.30. The Balaban J connectivity index is 1.35. The van der Waals surface area contributed by atoms with Gasteiger partial charge in [-0.25, -0.2) is 4.39 Å². The molecule has 0 aliphatic carbocycles. The number of carbonyl (C=O) groups is 1. The van der Waals surface area contributed by atoms with Gasteiger partial charge in [-0.05, 0) is 42.7 Å². The Bertz CT molecular complexity index is 766. The predicted octanol–water partition coefficient (Wildman–Crippen LogP) is 3.33. The van der Waals surface area contributed by atoms with Crippen molar-refractivity contribution in [3.05, 3.63) is 66.0 Å². The lowest BCUT2D eigenvalue weighted by molar-refractivity contribution is -0.140. The molecule has 0 unspecified atom stereocenters. The molecule has 3 heterocycles. The Kier molecular flexibility index (Phi) is 5.39. The van der Waals surface area contributed by atoms with Crippen molar-refractivity contribution in [3.8, 4) is 5.75 Å². The SMILES string of the molecule is O=C1[C@H]2CC[C@H](CN(CCOc3ccc(F)cc3)C2)N1Cc1ccccc1. The molecular formula is C22H25FN2O2. The minimum Gasteiger partial charge on any atom is -0.492 e. The average molecular weight is 368 g/mol. The fraction of sp³-hybridized carbons (Fsp3) is 0.409. The van der Waals surface area contributed by atoms with E-state index in [-0.39, 0.29) is 23.7 Å². The van der Waals surface area contributed by atoms with E-state index in [0.717, 1.165) is 32.5 Å². The van der Waals surface area contributed by atoms with Gasteiger partial charge in [-0.2, -0.15) is 0 Å². The lowest BCUT2D eigenvalue weighted by Crippen LogP contribution is -2.47. The molecule has 0 aromatic heterocycles. The van der Waals surface area contributed by atoms with Crippen LogP contribution < -0.4 is 4.74 Å². The number of hydrogen-bond acceptors (Lipinski definition) is 3. The van der Waals surface area contributed by atoms with Gasteiger partial charge in [-0.1, -0.05) is 30.3 Å². The van der Waals surface area contributed by atoms with E-state index >= 15 is 0 Å². The molecule has 2 aromatic carbocycles. The highest BCUT2D eigenvalue weighted by Gasteiger charge is 2.40. The zero-order chi connectivity index (χ0) is 18.6. The average Bonchev–Trinajstić information content (AvgIpc) is 2.96. The second-order valence-corrected chi connectivity index (χ2v) is 7.44. The van der Waals surface area contributed by atoms with Crippen LogP contribution >= 0.6 is 0 Å². The van der Waals surface area contributed by atoms with Gasteiger partial charge in [0.05, 0.1) is 5.92 Å². The summed E-state index contributed by atoms with van der Waals surface area (Å²) in [6.45, 7) is 3.70. The first-order valence-electron chi connectivity index (χ1n) is 9.64. The number of nitrogens with zero attached hydrogens (tertiary/aromatic N) is 2. The van der Waals surface area contributed by atoms with Crippen molar-refractivity contribution >= 4 is 5.91 Å². The van der Waals surface area contributed by atoms with E-state index in [2.05, 4.69) is 21.9 Å². The maximum absolute atomic E-state index is 13.0. The predicted molar refractivity (Wildman–Crippen MR) is 102 cm³/mol. The molecule has 4 nitrogen and oxygen atoms in total. The van der Waals surface area contributed by atoms with Crippen molar-refractivity contribution in [1.82, 2.24) is 9.80 Å². The van der Waals surface area contributed by atoms with Crippen LogP contribution in [0.4, 0.5) is 4.39 Å². The van der Waals surface area contributed by atoms with E-state index in [1.54, 1.807) is 12.1 Å². The number of hydrogen-bond donors (Lipinski definition) is 0. The Morgan fingerprint density at radius 2 is 1.78 bits per heavy atom. The molecule has 2 bridgehead atoms. The van der Waals surface area contributed by atoms with Gasteiger partial charge < -0.3 is 9.64 Å². The van der Waals surface area contributed by atoms with Crippen LogP contribution in [0.1, 0.15) is 18.4 Å². The quantitative estimate of drug-likeness (QED) is 0.784. The molecule has 5 heteroatoms. The van der Waals surface area contributed by atoms with Crippen molar-refractivity contribution in [2.24, 2.45) is 5.92 Å². The highest BCUT2D eigenvalue weighted by molar-refractivity contribution is 5.80. The number of carbonyl (C=O) groups excluding carboxylic acids is 1. The zero-order valence-corrected chi connectivity index (χ0v) is 15.4. The van der Waals surface area contributed by atoms with Gasteiger partial charge in [-0.15, -0.1) is 0 Å². The normalized spacial score (nSPS) is 22.7. The van der Waals surface area contributed by atoms with E-state index in [9.17, 15) is 9.18 Å². The lowest BCUT2D eigenvalue weighted by atomic mass is 9.93. The minimum absolute atomic E-state index is 0.0817. The van der Waals surface area contributed by atoms with Crippen LogP contribution in [0.2, 0.25) is 0 Å². The molecule has 3 saturated heterocycles. The van der Waals surface area contributed by atoms with Crippen molar-refractivity contribution in [1.29, 1.82) is 0 Å². The summed E-state index contributed by atoms with van der Waals surface area (Å²) in [5, 5.41) is 0. The van der Waals surface area contributed by atoms with Crippen LogP contribution in [0.3, 0.4) is 0 Å². The maximum Gasteiger partial charge on any atom is 0.227 e. The third-order valence-corrected chi connectivity index (χ3v) is 5.55. The molecule has 1 amide bonds. The van der Waals surface area contributed by atoms with Gasteiger partial charge in [0.1, 0.15) is 18.2 Å². The monoisotopic (exact) mass is 368 g/mol. The van der Waals surface area contributed by atoms with Crippen molar-refractivity contribution in [2.45, 2.75) is 25.4 Å². The number of benzene rings is 2. The van der Waals surface area contributed by atoms with Crippen molar-refractivity contribution < 1.29 is 13.9 Å². The molecule has 3 aliphatic rings. The van der Waals surface area contributed by atoms with E-state index < -0.39 is 0 Å². The van der Waals surface area contributed by atoms with E-state index in [4.69, 9.17) is 4.74 Å². The van der Waals surface area contributed by atoms with E-state index in [0.29, 0.717) is 18.9 Å². The highest BCUT2D eigenvalue weighted by atomic mass is 19.1. The van der Waals surface area contributed by atoms with Gasteiger partial charge in [-0.3, -0.25) is 9.69 Å². The van der Waals surface area contributed by atoms with Gasteiger partial charge in [0, 0.05) is 32.2 Å². The van der Waals surface area contributed by atoms with E-state index in [1.807, 2.05) is 18.2 Å². The van der Waals surface area contributed by atoms with Crippen molar-refractivity contribution in [2.75, 3.05) is 26.2 Å². The minimum atomic E-state index is -0.261. The molecule has 3 aliphatic heterocycles. The molecule has 0 radical (unpaired) electrons. The first-order valence-corrected chi connectivity index (χ1v) is 9.64. The number of piperidine rings is 1.